The number of aromatic nitrogens is 2. The summed E-state index contributed by atoms with van der Waals surface area (Å²) >= 11 is 0. The summed E-state index contributed by atoms with van der Waals surface area (Å²) in [5, 5.41) is 0. The van der Waals surface area contributed by atoms with Crippen LogP contribution in [0.3, 0.4) is 0 Å². The van der Waals surface area contributed by atoms with Gasteiger partial charge in [-0.1, -0.05) is 0 Å². The summed E-state index contributed by atoms with van der Waals surface area (Å²) in [6.07, 6.45) is 1.75. The first-order chi connectivity index (χ1) is 6.72. The molecule has 2 aromatic heterocycles. The van der Waals surface area contributed by atoms with E-state index in [1.807, 2.05) is 30.7 Å². The lowest BCUT2D eigenvalue weighted by Crippen LogP contribution is -1.99. The number of nitrogens with two attached hydrogens (primary N) is 1. The van der Waals surface area contributed by atoms with Crippen molar-refractivity contribution in [2.75, 3.05) is 0 Å². The lowest BCUT2D eigenvalue weighted by molar-refractivity contribution is 0.543. The quantitative estimate of drug-likeness (QED) is 0.781. The summed E-state index contributed by atoms with van der Waals surface area (Å²) in [5.74, 6) is 1.71. The molecular formula is C10H13N3O. The molecule has 74 valence electrons. The van der Waals surface area contributed by atoms with Crippen LogP contribution in [-0.4, -0.2) is 9.55 Å². The highest BCUT2D eigenvalue weighted by Gasteiger charge is 2.12. The average Bonchev–Trinajstić information content (AvgIpc) is 2.71. The average molecular weight is 191 g/mol. The Kier molecular flexibility index (Phi) is 2.13. The molecule has 0 aromatic carbocycles. The fourth-order valence-electron chi connectivity index (χ4n) is 1.51. The Balaban J connectivity index is 2.54. The van der Waals surface area contributed by atoms with Gasteiger partial charge < -0.3 is 14.7 Å². The smallest absolute Gasteiger partial charge is 0.152 e. The van der Waals surface area contributed by atoms with Crippen LogP contribution in [0.2, 0.25) is 0 Å². The van der Waals surface area contributed by atoms with E-state index in [1.165, 1.54) is 0 Å². The van der Waals surface area contributed by atoms with Gasteiger partial charge >= 0.3 is 0 Å². The normalized spacial score (nSPS) is 10.8. The molecule has 0 fully saturated rings. The van der Waals surface area contributed by atoms with Gasteiger partial charge in [0.15, 0.2) is 5.76 Å². The Labute approximate surface area is 82.4 Å². The highest BCUT2D eigenvalue weighted by molar-refractivity contribution is 5.56. The molecule has 0 bridgehead atoms. The summed E-state index contributed by atoms with van der Waals surface area (Å²) in [5.41, 5.74) is 7.41. The summed E-state index contributed by atoms with van der Waals surface area (Å²) in [6.45, 7) is 2.35. The monoisotopic (exact) mass is 191 g/mol. The molecule has 0 aliphatic carbocycles. The van der Waals surface area contributed by atoms with E-state index >= 15 is 0 Å². The molecule has 2 rings (SSSR count). The second-order valence-electron chi connectivity index (χ2n) is 3.27. The largest absolute Gasteiger partial charge is 0.460 e. The number of hydrogen-bond donors (Lipinski definition) is 1. The highest BCUT2D eigenvalue weighted by Crippen LogP contribution is 2.24. The van der Waals surface area contributed by atoms with Gasteiger partial charge in [0.05, 0.1) is 12.0 Å². The van der Waals surface area contributed by atoms with E-state index in [0.717, 1.165) is 22.9 Å². The van der Waals surface area contributed by atoms with E-state index in [4.69, 9.17) is 10.2 Å². The number of furan rings is 1. The topological polar surface area (TPSA) is 57.0 Å². The van der Waals surface area contributed by atoms with E-state index in [-0.39, 0.29) is 0 Å². The number of nitrogens with zero attached hydrogens (tertiary/aromatic N) is 2. The minimum atomic E-state index is 0.427. The zero-order chi connectivity index (χ0) is 10.1. The molecule has 0 atom stereocenters. The third kappa shape index (κ3) is 1.33. The van der Waals surface area contributed by atoms with E-state index in [2.05, 4.69) is 4.98 Å². The summed E-state index contributed by atoms with van der Waals surface area (Å²) < 4.78 is 7.45. The Bertz CT molecular complexity index is 442. The SMILES string of the molecule is Cc1ccc(-c2c(CN)ncn2C)o1. The molecule has 2 N–H and O–H groups in total. The van der Waals surface area contributed by atoms with Gasteiger partial charge in [-0.15, -0.1) is 0 Å². The Morgan fingerprint density at radius 1 is 1.50 bits per heavy atom. The first-order valence-electron chi connectivity index (χ1n) is 4.49. The molecule has 14 heavy (non-hydrogen) atoms. The fourth-order valence-corrected chi connectivity index (χ4v) is 1.51. The number of hydrogen-bond acceptors (Lipinski definition) is 3. The van der Waals surface area contributed by atoms with Gasteiger partial charge in [-0.2, -0.15) is 0 Å². The third-order valence-corrected chi connectivity index (χ3v) is 2.18. The summed E-state index contributed by atoms with van der Waals surface area (Å²) in [6, 6.07) is 3.87. The van der Waals surface area contributed by atoms with Gasteiger partial charge in [-0.05, 0) is 19.1 Å². The zero-order valence-electron chi connectivity index (χ0n) is 8.32. The van der Waals surface area contributed by atoms with Gasteiger partial charge in [0.2, 0.25) is 0 Å². The van der Waals surface area contributed by atoms with Crippen molar-refractivity contribution in [3.05, 3.63) is 29.9 Å². The molecular weight excluding hydrogens is 178 g/mol. The van der Waals surface area contributed by atoms with Crippen molar-refractivity contribution < 1.29 is 4.42 Å². The molecule has 2 heterocycles. The van der Waals surface area contributed by atoms with Crippen molar-refractivity contribution >= 4 is 0 Å². The standard InChI is InChI=1S/C10H13N3O/c1-7-3-4-9(14-7)10-8(5-11)12-6-13(10)2/h3-4,6H,5,11H2,1-2H3. The summed E-state index contributed by atoms with van der Waals surface area (Å²) in [7, 11) is 1.93. The van der Waals surface area contributed by atoms with Crippen LogP contribution in [0, 0.1) is 6.92 Å². The summed E-state index contributed by atoms with van der Waals surface area (Å²) in [4.78, 5) is 4.20. The minimum Gasteiger partial charge on any atom is -0.460 e. The van der Waals surface area contributed by atoms with Crippen LogP contribution < -0.4 is 5.73 Å². The van der Waals surface area contributed by atoms with Crippen molar-refractivity contribution in [3.8, 4) is 11.5 Å². The lowest BCUT2D eigenvalue weighted by Gasteiger charge is -2.00. The number of imidazole rings is 1. The fraction of sp³-hybridized carbons (Fsp3) is 0.300. The molecule has 0 spiro atoms. The van der Waals surface area contributed by atoms with Crippen molar-refractivity contribution in [3.63, 3.8) is 0 Å². The van der Waals surface area contributed by atoms with Gasteiger partial charge in [-0.3, -0.25) is 0 Å². The first kappa shape index (κ1) is 9.02. The van der Waals surface area contributed by atoms with Crippen LogP contribution in [0.1, 0.15) is 11.5 Å². The zero-order valence-corrected chi connectivity index (χ0v) is 8.32. The maximum Gasteiger partial charge on any atom is 0.152 e. The molecule has 4 heteroatoms. The second kappa shape index (κ2) is 3.31. The van der Waals surface area contributed by atoms with E-state index in [0.29, 0.717) is 6.54 Å². The molecule has 0 radical (unpaired) electrons. The van der Waals surface area contributed by atoms with Gasteiger partial charge in [0.1, 0.15) is 11.5 Å². The van der Waals surface area contributed by atoms with E-state index in [9.17, 15) is 0 Å². The van der Waals surface area contributed by atoms with Gasteiger partial charge in [-0.25, -0.2) is 4.98 Å². The molecule has 0 unspecified atom stereocenters. The molecule has 0 amide bonds. The number of aryl methyl sites for hydroxylation is 2. The van der Waals surface area contributed by atoms with Gasteiger partial charge in [0, 0.05) is 13.6 Å². The Hall–Kier alpha value is -1.55. The minimum absolute atomic E-state index is 0.427. The molecule has 0 aliphatic heterocycles. The second-order valence-corrected chi connectivity index (χ2v) is 3.27. The third-order valence-electron chi connectivity index (χ3n) is 2.18. The van der Waals surface area contributed by atoms with Crippen LogP contribution in [-0.2, 0) is 13.6 Å². The lowest BCUT2D eigenvalue weighted by atomic mass is 10.2. The van der Waals surface area contributed by atoms with E-state index < -0.39 is 0 Å². The van der Waals surface area contributed by atoms with Crippen molar-refractivity contribution in [1.29, 1.82) is 0 Å². The van der Waals surface area contributed by atoms with Crippen LogP contribution in [0.25, 0.3) is 11.5 Å². The Morgan fingerprint density at radius 2 is 2.29 bits per heavy atom. The Morgan fingerprint density at radius 3 is 2.86 bits per heavy atom. The van der Waals surface area contributed by atoms with Crippen molar-refractivity contribution in [1.82, 2.24) is 9.55 Å². The molecule has 0 saturated heterocycles. The molecule has 4 nitrogen and oxygen atoms in total. The van der Waals surface area contributed by atoms with Crippen LogP contribution in [0.4, 0.5) is 0 Å². The molecule has 2 aromatic rings. The molecule has 0 aliphatic rings. The predicted molar refractivity (Wildman–Crippen MR) is 53.5 cm³/mol. The van der Waals surface area contributed by atoms with E-state index in [1.54, 1.807) is 6.33 Å². The van der Waals surface area contributed by atoms with Crippen LogP contribution in [0.15, 0.2) is 22.9 Å². The molecule has 0 saturated carbocycles. The number of rotatable bonds is 2. The van der Waals surface area contributed by atoms with Crippen molar-refractivity contribution in [2.24, 2.45) is 12.8 Å². The maximum absolute atomic E-state index is 5.59. The highest BCUT2D eigenvalue weighted by atomic mass is 16.3. The van der Waals surface area contributed by atoms with Crippen LogP contribution in [0.5, 0.6) is 0 Å². The van der Waals surface area contributed by atoms with Crippen LogP contribution >= 0.6 is 0 Å². The van der Waals surface area contributed by atoms with Gasteiger partial charge in [0.25, 0.3) is 0 Å². The predicted octanol–water partition coefficient (Wildman–Crippen LogP) is 1.45. The first-order valence-corrected chi connectivity index (χ1v) is 4.49. The maximum atomic E-state index is 5.59. The van der Waals surface area contributed by atoms with Crippen molar-refractivity contribution in [2.45, 2.75) is 13.5 Å².